The van der Waals surface area contributed by atoms with Gasteiger partial charge in [0.2, 0.25) is 5.91 Å². The molecule has 1 fully saturated rings. The van der Waals surface area contributed by atoms with Gasteiger partial charge < -0.3 is 16.0 Å². The summed E-state index contributed by atoms with van der Waals surface area (Å²) in [5.41, 5.74) is -0.771. The molecular weight excluding hydrogens is 287 g/mol. The average molecular weight is 301 g/mol. The molecule has 0 saturated carbocycles. The molecular formula is C13H14F3N3O2. The Morgan fingerprint density at radius 3 is 2.71 bits per heavy atom. The van der Waals surface area contributed by atoms with Gasteiger partial charge in [0.05, 0.1) is 5.56 Å². The van der Waals surface area contributed by atoms with Gasteiger partial charge in [0.15, 0.2) is 0 Å². The van der Waals surface area contributed by atoms with E-state index in [1.54, 1.807) is 0 Å². The maximum Gasteiger partial charge on any atom is 0.416 e. The van der Waals surface area contributed by atoms with E-state index < -0.39 is 17.8 Å². The zero-order chi connectivity index (χ0) is 15.5. The van der Waals surface area contributed by atoms with Crippen molar-refractivity contribution in [1.82, 2.24) is 10.6 Å². The molecule has 0 bridgehead atoms. The van der Waals surface area contributed by atoms with Gasteiger partial charge >= 0.3 is 12.2 Å². The van der Waals surface area contributed by atoms with Gasteiger partial charge in [-0.25, -0.2) is 4.79 Å². The molecule has 21 heavy (non-hydrogen) atoms. The number of carbonyl (C=O) groups excluding carboxylic acids is 2. The molecule has 0 aromatic heterocycles. The van der Waals surface area contributed by atoms with Crippen molar-refractivity contribution in [3.63, 3.8) is 0 Å². The first-order valence-corrected chi connectivity index (χ1v) is 6.36. The number of amides is 3. The van der Waals surface area contributed by atoms with Gasteiger partial charge in [-0.2, -0.15) is 13.2 Å². The van der Waals surface area contributed by atoms with Crippen molar-refractivity contribution in [3.05, 3.63) is 29.8 Å². The highest BCUT2D eigenvalue weighted by Crippen LogP contribution is 2.30. The predicted molar refractivity (Wildman–Crippen MR) is 69.6 cm³/mol. The van der Waals surface area contributed by atoms with Crippen molar-refractivity contribution in [3.8, 4) is 0 Å². The van der Waals surface area contributed by atoms with Crippen LogP contribution in [-0.4, -0.2) is 24.5 Å². The summed E-state index contributed by atoms with van der Waals surface area (Å²) < 4.78 is 37.6. The lowest BCUT2D eigenvalue weighted by Gasteiger charge is -2.23. The predicted octanol–water partition coefficient (Wildman–Crippen LogP) is 2.11. The molecule has 1 aliphatic heterocycles. The molecule has 8 heteroatoms. The molecule has 1 heterocycles. The minimum atomic E-state index is -4.46. The molecule has 5 nitrogen and oxygen atoms in total. The molecule has 0 aliphatic carbocycles. The van der Waals surface area contributed by atoms with Crippen LogP contribution in [0, 0.1) is 0 Å². The Morgan fingerprint density at radius 1 is 1.33 bits per heavy atom. The van der Waals surface area contributed by atoms with Crippen molar-refractivity contribution < 1.29 is 22.8 Å². The van der Waals surface area contributed by atoms with Crippen LogP contribution < -0.4 is 16.0 Å². The Hall–Kier alpha value is -2.25. The van der Waals surface area contributed by atoms with Crippen LogP contribution in [-0.2, 0) is 11.0 Å². The van der Waals surface area contributed by atoms with Gasteiger partial charge in [0.1, 0.15) is 0 Å². The van der Waals surface area contributed by atoms with E-state index in [2.05, 4.69) is 16.0 Å². The monoisotopic (exact) mass is 301 g/mol. The Morgan fingerprint density at radius 2 is 2.10 bits per heavy atom. The first-order valence-electron chi connectivity index (χ1n) is 6.36. The van der Waals surface area contributed by atoms with Crippen molar-refractivity contribution >= 4 is 17.6 Å². The quantitative estimate of drug-likeness (QED) is 0.783. The van der Waals surface area contributed by atoms with Crippen molar-refractivity contribution in [2.24, 2.45) is 0 Å². The summed E-state index contributed by atoms with van der Waals surface area (Å²) in [4.78, 5) is 22.7. The second-order valence-electron chi connectivity index (χ2n) is 4.72. The fourth-order valence-electron chi connectivity index (χ4n) is 1.98. The number of alkyl halides is 3. The number of nitrogens with one attached hydrogen (secondary N) is 3. The number of hydrogen-bond donors (Lipinski definition) is 3. The third kappa shape index (κ3) is 4.37. The molecule has 1 aliphatic rings. The smallest absolute Gasteiger partial charge is 0.354 e. The van der Waals surface area contributed by atoms with Crippen LogP contribution in [0.5, 0.6) is 0 Å². The number of rotatable bonds is 2. The Bertz CT molecular complexity index is 536. The lowest BCUT2D eigenvalue weighted by atomic mass is 10.1. The molecule has 1 atom stereocenters. The van der Waals surface area contributed by atoms with Crippen molar-refractivity contribution in [1.29, 1.82) is 0 Å². The Labute approximate surface area is 118 Å². The van der Waals surface area contributed by atoms with Gasteiger partial charge in [0.25, 0.3) is 0 Å². The van der Waals surface area contributed by atoms with Crippen LogP contribution in [0.1, 0.15) is 18.4 Å². The zero-order valence-electron chi connectivity index (χ0n) is 11.0. The van der Waals surface area contributed by atoms with Crippen LogP contribution in [0.4, 0.5) is 23.7 Å². The lowest BCUT2D eigenvalue weighted by molar-refractivity contribution is -0.137. The molecule has 0 spiro atoms. The van der Waals surface area contributed by atoms with Crippen LogP contribution in [0.25, 0.3) is 0 Å². The van der Waals surface area contributed by atoms with E-state index in [0.717, 1.165) is 12.1 Å². The minimum absolute atomic E-state index is 0.0576. The highest BCUT2D eigenvalue weighted by molar-refractivity contribution is 5.89. The van der Waals surface area contributed by atoms with Gasteiger partial charge in [-0.05, 0) is 24.6 Å². The fraction of sp³-hybridized carbons (Fsp3) is 0.385. The SMILES string of the molecule is O=C1CCC(NC(=O)Nc2cccc(C(F)(F)F)c2)CN1. The number of urea groups is 1. The minimum Gasteiger partial charge on any atom is -0.354 e. The van der Waals surface area contributed by atoms with Gasteiger partial charge in [-0.1, -0.05) is 6.07 Å². The molecule has 1 aromatic rings. The molecule has 3 amide bonds. The molecule has 2 rings (SSSR count). The normalized spacial score (nSPS) is 18.8. The van der Waals surface area contributed by atoms with E-state index in [-0.39, 0.29) is 17.6 Å². The number of anilines is 1. The second-order valence-corrected chi connectivity index (χ2v) is 4.72. The van der Waals surface area contributed by atoms with Crippen molar-refractivity contribution in [2.45, 2.75) is 25.1 Å². The van der Waals surface area contributed by atoms with Crippen LogP contribution in [0.2, 0.25) is 0 Å². The second kappa shape index (κ2) is 6.02. The third-order valence-electron chi connectivity index (χ3n) is 3.05. The van der Waals surface area contributed by atoms with E-state index in [1.807, 2.05) is 0 Å². The van der Waals surface area contributed by atoms with Gasteiger partial charge in [-0.15, -0.1) is 0 Å². The maximum absolute atomic E-state index is 12.5. The zero-order valence-corrected chi connectivity index (χ0v) is 11.0. The summed E-state index contributed by atoms with van der Waals surface area (Å²) >= 11 is 0. The highest BCUT2D eigenvalue weighted by Gasteiger charge is 2.30. The summed E-state index contributed by atoms with van der Waals surface area (Å²) in [7, 11) is 0. The lowest BCUT2D eigenvalue weighted by Crippen LogP contribution is -2.48. The number of piperidine rings is 1. The van der Waals surface area contributed by atoms with Gasteiger partial charge in [-0.3, -0.25) is 4.79 Å². The van der Waals surface area contributed by atoms with Crippen LogP contribution in [0.15, 0.2) is 24.3 Å². The van der Waals surface area contributed by atoms with Crippen LogP contribution in [0.3, 0.4) is 0 Å². The standard InChI is InChI=1S/C13H14F3N3O2/c14-13(15,16)8-2-1-3-9(6-8)18-12(21)19-10-4-5-11(20)17-7-10/h1-3,6,10H,4-5,7H2,(H,17,20)(H2,18,19,21). The first kappa shape index (κ1) is 15.1. The molecule has 1 saturated heterocycles. The number of benzene rings is 1. The fourth-order valence-corrected chi connectivity index (χ4v) is 1.98. The molecule has 114 valence electrons. The summed E-state index contributed by atoms with van der Waals surface area (Å²) in [6.45, 7) is 0.314. The number of halogens is 3. The Balaban J connectivity index is 1.92. The summed E-state index contributed by atoms with van der Waals surface area (Å²) in [5.74, 6) is -0.0775. The molecule has 0 radical (unpaired) electrons. The topological polar surface area (TPSA) is 70.2 Å². The summed E-state index contributed by atoms with van der Waals surface area (Å²) in [6.07, 6.45) is -3.64. The first-order chi connectivity index (χ1) is 9.84. The van der Waals surface area contributed by atoms with E-state index in [9.17, 15) is 22.8 Å². The van der Waals surface area contributed by atoms with Crippen molar-refractivity contribution in [2.75, 3.05) is 11.9 Å². The third-order valence-corrected chi connectivity index (χ3v) is 3.05. The summed E-state index contributed by atoms with van der Waals surface area (Å²) in [6, 6.07) is 3.56. The number of carbonyl (C=O) groups is 2. The average Bonchev–Trinajstić information content (AvgIpc) is 2.41. The summed E-state index contributed by atoms with van der Waals surface area (Å²) in [5, 5.41) is 7.55. The Kier molecular flexibility index (Phi) is 4.35. The largest absolute Gasteiger partial charge is 0.416 e. The van der Waals surface area contributed by atoms with Crippen LogP contribution >= 0.6 is 0 Å². The molecule has 1 aromatic carbocycles. The van der Waals surface area contributed by atoms with E-state index in [1.165, 1.54) is 12.1 Å². The van der Waals surface area contributed by atoms with E-state index in [0.29, 0.717) is 19.4 Å². The highest BCUT2D eigenvalue weighted by atomic mass is 19.4. The molecule has 3 N–H and O–H groups in total. The van der Waals surface area contributed by atoms with E-state index in [4.69, 9.17) is 0 Å². The van der Waals surface area contributed by atoms with E-state index >= 15 is 0 Å². The maximum atomic E-state index is 12.5. The molecule has 1 unspecified atom stereocenters. The van der Waals surface area contributed by atoms with Gasteiger partial charge in [0, 0.05) is 24.7 Å². The number of hydrogen-bond acceptors (Lipinski definition) is 2.